The Labute approximate surface area is 404 Å². The Bertz CT molecular complexity index is 3050. The van der Waals surface area contributed by atoms with Crippen LogP contribution in [0.15, 0.2) is 121 Å². The summed E-state index contributed by atoms with van der Waals surface area (Å²) in [6.07, 6.45) is 4.36. The third kappa shape index (κ3) is 8.62. The van der Waals surface area contributed by atoms with Crippen molar-refractivity contribution < 1.29 is 0 Å². The molecule has 3 aromatic heterocycles. The van der Waals surface area contributed by atoms with Crippen molar-refractivity contribution in [1.82, 2.24) is 30.6 Å². The first-order valence-corrected chi connectivity index (χ1v) is 24.2. The number of benzene rings is 4. The van der Waals surface area contributed by atoms with E-state index in [2.05, 4.69) is 237 Å². The Morgan fingerprint density at radius 3 is 0.824 bits per heavy atom. The van der Waals surface area contributed by atoms with Crippen molar-refractivity contribution in [2.24, 2.45) is 0 Å². The molecule has 2 aliphatic heterocycles. The lowest BCUT2D eigenvalue weighted by atomic mass is 9.86. The molecule has 2 aliphatic rings. The minimum Gasteiger partial charge on any atom is -0.385 e. The van der Waals surface area contributed by atoms with E-state index in [0.29, 0.717) is 0 Å². The summed E-state index contributed by atoms with van der Waals surface area (Å²) in [6.45, 7) is 27.1. The van der Waals surface area contributed by atoms with Crippen molar-refractivity contribution >= 4 is 45.6 Å². The molecule has 8 bridgehead atoms. The van der Waals surface area contributed by atoms with Gasteiger partial charge in [0.05, 0.1) is 34.2 Å². The Hall–Kier alpha value is -6.92. The number of H-pyrrole nitrogens is 2. The van der Waals surface area contributed by atoms with Crippen molar-refractivity contribution in [3.8, 4) is 44.5 Å². The van der Waals surface area contributed by atoms with Crippen LogP contribution in [-0.2, 0) is 21.7 Å². The minimum absolute atomic E-state index is 0.00327. The molecule has 4 N–H and O–H groups in total. The summed E-state index contributed by atoms with van der Waals surface area (Å²) >= 11 is 0. The number of nitrogens with one attached hydrogen (secondary N) is 4. The fraction of sp³-hybridized carbons (Fsp3) is 0.290. The van der Waals surface area contributed by atoms with Crippen LogP contribution < -0.4 is 10.6 Å². The maximum absolute atomic E-state index is 5.77. The fourth-order valence-corrected chi connectivity index (χ4v) is 9.59. The monoisotopic (exact) mass is 897 g/mol. The van der Waals surface area contributed by atoms with Gasteiger partial charge >= 0.3 is 0 Å². The molecule has 4 aromatic carbocycles. The lowest BCUT2D eigenvalue weighted by molar-refractivity contribution is 0.590. The first-order chi connectivity index (χ1) is 32.1. The lowest BCUT2D eigenvalue weighted by Crippen LogP contribution is -2.13. The molecular formula is C62H68N6. The molecule has 7 aromatic rings. The van der Waals surface area contributed by atoms with Crippen LogP contribution in [-0.4, -0.2) is 34.0 Å². The molecular weight excluding hydrogens is 829 g/mol. The van der Waals surface area contributed by atoms with Crippen LogP contribution >= 0.6 is 0 Å². The third-order valence-corrected chi connectivity index (χ3v) is 13.7. The molecule has 0 aliphatic carbocycles. The molecule has 346 valence electrons. The van der Waals surface area contributed by atoms with Gasteiger partial charge in [0.2, 0.25) is 0 Å². The molecule has 0 unspecified atom stereocenters. The topological polar surface area (TPSA) is 81.4 Å². The number of hydrogen-bond donors (Lipinski definition) is 4. The zero-order valence-electron chi connectivity index (χ0n) is 42.6. The Balaban J connectivity index is 1.48. The second-order valence-electron chi connectivity index (χ2n) is 22.7. The van der Waals surface area contributed by atoms with E-state index in [0.717, 1.165) is 101 Å². The molecule has 0 amide bonds. The van der Waals surface area contributed by atoms with Crippen molar-refractivity contribution in [3.05, 3.63) is 166 Å². The highest BCUT2D eigenvalue weighted by atomic mass is 15.0. The van der Waals surface area contributed by atoms with E-state index in [1.165, 1.54) is 22.3 Å². The van der Waals surface area contributed by atoms with Gasteiger partial charge in [-0.25, -0.2) is 9.97 Å². The molecule has 6 nitrogen and oxygen atoms in total. The maximum atomic E-state index is 5.77. The number of aromatic nitrogens is 4. The van der Waals surface area contributed by atoms with E-state index in [9.17, 15) is 0 Å². The predicted molar refractivity (Wildman–Crippen MR) is 291 cm³/mol. The molecule has 0 atom stereocenters. The Morgan fingerprint density at radius 1 is 0.324 bits per heavy atom. The lowest BCUT2D eigenvalue weighted by Gasteiger charge is -2.19. The van der Waals surface area contributed by atoms with E-state index in [4.69, 9.17) is 9.97 Å². The second kappa shape index (κ2) is 17.0. The average molecular weight is 897 g/mol. The normalized spacial score (nSPS) is 13.3. The quantitative estimate of drug-likeness (QED) is 0.134. The molecule has 9 rings (SSSR count). The highest BCUT2D eigenvalue weighted by Crippen LogP contribution is 2.43. The van der Waals surface area contributed by atoms with Crippen LogP contribution in [0, 0.1) is 0 Å². The molecule has 0 spiro atoms. The summed E-state index contributed by atoms with van der Waals surface area (Å²) in [7, 11) is 3.99. The highest BCUT2D eigenvalue weighted by molar-refractivity contribution is 6.04. The van der Waals surface area contributed by atoms with Gasteiger partial charge in [-0.05, 0) is 103 Å². The SMILES string of the molecule is CNC1=C(NC)c2nc1c(-c1ccc(C(C)(C)C)cc1)c1ccc([nH]1)c(-c1ccc(C(C)(C)C)cc1)c1nc(c(-c3ccc(C(C)(C)C)cc3)c3ccc([nH]3)c2-c2ccc(C(C)(C)C)cc2)C=C1. The Morgan fingerprint density at radius 2 is 0.574 bits per heavy atom. The first kappa shape index (κ1) is 46.2. The fourth-order valence-electron chi connectivity index (χ4n) is 9.59. The van der Waals surface area contributed by atoms with Gasteiger partial charge in [0, 0.05) is 58.4 Å². The van der Waals surface area contributed by atoms with E-state index in [1.54, 1.807) is 0 Å². The third-order valence-electron chi connectivity index (χ3n) is 13.7. The molecule has 6 heteroatoms. The Kier molecular flexibility index (Phi) is 11.5. The van der Waals surface area contributed by atoms with E-state index >= 15 is 0 Å². The number of hydrogen-bond acceptors (Lipinski definition) is 4. The number of aromatic amines is 2. The van der Waals surface area contributed by atoms with Crippen molar-refractivity contribution in [2.75, 3.05) is 14.1 Å². The van der Waals surface area contributed by atoms with E-state index in [1.807, 2.05) is 14.1 Å². The summed E-state index contributed by atoms with van der Waals surface area (Å²) in [5.41, 5.74) is 22.7. The van der Waals surface area contributed by atoms with E-state index in [-0.39, 0.29) is 21.7 Å². The number of nitrogens with zero attached hydrogens (tertiary/aromatic N) is 2. The molecule has 5 heterocycles. The summed E-state index contributed by atoms with van der Waals surface area (Å²) < 4.78 is 0. The van der Waals surface area contributed by atoms with Crippen molar-refractivity contribution in [3.63, 3.8) is 0 Å². The van der Waals surface area contributed by atoms with Crippen LogP contribution in [0.3, 0.4) is 0 Å². The summed E-state index contributed by atoms with van der Waals surface area (Å²) in [5, 5.41) is 7.26. The minimum atomic E-state index is -0.00327. The highest BCUT2D eigenvalue weighted by Gasteiger charge is 2.28. The van der Waals surface area contributed by atoms with Crippen LogP contribution in [0.2, 0.25) is 0 Å². The van der Waals surface area contributed by atoms with Gasteiger partial charge in [-0.1, -0.05) is 180 Å². The zero-order chi connectivity index (χ0) is 48.5. The maximum Gasteiger partial charge on any atom is 0.0990 e. The van der Waals surface area contributed by atoms with E-state index < -0.39 is 0 Å². The first-order valence-electron chi connectivity index (χ1n) is 24.2. The smallest absolute Gasteiger partial charge is 0.0990 e. The second-order valence-corrected chi connectivity index (χ2v) is 22.7. The van der Waals surface area contributed by atoms with Crippen LogP contribution in [0.1, 0.15) is 128 Å². The van der Waals surface area contributed by atoms with Gasteiger partial charge in [0.25, 0.3) is 0 Å². The van der Waals surface area contributed by atoms with Crippen LogP contribution in [0.4, 0.5) is 0 Å². The van der Waals surface area contributed by atoms with Crippen molar-refractivity contribution in [1.29, 1.82) is 0 Å². The van der Waals surface area contributed by atoms with Gasteiger partial charge in [-0.2, -0.15) is 0 Å². The zero-order valence-corrected chi connectivity index (χ0v) is 42.6. The van der Waals surface area contributed by atoms with Crippen LogP contribution in [0.25, 0.3) is 90.1 Å². The molecule has 0 saturated carbocycles. The van der Waals surface area contributed by atoms with Crippen LogP contribution in [0.5, 0.6) is 0 Å². The molecule has 0 radical (unpaired) electrons. The summed E-state index contributed by atoms with van der Waals surface area (Å²) in [4.78, 5) is 19.3. The standard InChI is InChI=1S/C62H68N6/c1-59(2,3)41-23-15-37(16-24-41)51-45-31-32-46(65-45)52(38-17-25-42(26-18-38)60(4,5)6)48-34-36-50(67-48)54(40-21-29-44(30-22-40)62(10,11)12)56-58(64-14)57(63-13)55(68-56)53(49-35-33-47(51)66-49)39-19-27-43(28-20-39)61(7,8)9/h15-36,63-64,66-67H,1-14H3. The molecule has 0 fully saturated rings. The summed E-state index contributed by atoms with van der Waals surface area (Å²) in [6, 6.07) is 44.9. The number of rotatable bonds is 6. The number of fused-ring (bicyclic) bond motifs is 8. The predicted octanol–water partition coefficient (Wildman–Crippen LogP) is 15.6. The summed E-state index contributed by atoms with van der Waals surface area (Å²) in [5.74, 6) is 0. The largest absolute Gasteiger partial charge is 0.385 e. The molecule has 0 saturated heterocycles. The average Bonchev–Trinajstić information content (AvgIpc) is 4.12. The van der Waals surface area contributed by atoms with Gasteiger partial charge in [0.15, 0.2) is 0 Å². The van der Waals surface area contributed by atoms with Gasteiger partial charge in [0.1, 0.15) is 0 Å². The van der Waals surface area contributed by atoms with Gasteiger partial charge in [-0.3, -0.25) is 0 Å². The molecule has 68 heavy (non-hydrogen) atoms. The van der Waals surface area contributed by atoms with Crippen molar-refractivity contribution in [2.45, 2.75) is 105 Å². The van der Waals surface area contributed by atoms with Gasteiger partial charge in [-0.15, -0.1) is 0 Å². The van der Waals surface area contributed by atoms with Gasteiger partial charge < -0.3 is 20.6 Å².